The van der Waals surface area contributed by atoms with Crippen molar-refractivity contribution >= 4 is 23.2 Å². The van der Waals surface area contributed by atoms with E-state index in [1.54, 1.807) is 18.2 Å². The van der Waals surface area contributed by atoms with E-state index < -0.39 is 5.91 Å². The van der Waals surface area contributed by atoms with Crippen molar-refractivity contribution in [3.63, 3.8) is 0 Å². The third-order valence-electron chi connectivity index (χ3n) is 3.87. The number of hydrogen-bond donors (Lipinski definition) is 2. The second kappa shape index (κ2) is 8.19. The molecule has 2 N–H and O–H groups in total. The normalized spacial score (nSPS) is 10.1. The molecule has 0 atom stereocenters. The van der Waals surface area contributed by atoms with Crippen LogP contribution in [-0.2, 0) is 9.59 Å². The van der Waals surface area contributed by atoms with Gasteiger partial charge >= 0.3 is 0 Å². The molecule has 0 radical (unpaired) electrons. The number of rotatable bonds is 6. The summed E-state index contributed by atoms with van der Waals surface area (Å²) in [6.45, 7) is 3.89. The highest BCUT2D eigenvalue weighted by Gasteiger charge is 2.13. The van der Waals surface area contributed by atoms with Crippen LogP contribution in [0.1, 0.15) is 17.5 Å². The van der Waals surface area contributed by atoms with E-state index in [0.717, 1.165) is 11.1 Å². The van der Waals surface area contributed by atoms with Crippen molar-refractivity contribution in [3.8, 4) is 11.5 Å². The first kappa shape index (κ1) is 18.3. The number of carbonyl (C=O) groups excluding carboxylic acids is 2. The maximum atomic E-state index is 12.1. The van der Waals surface area contributed by atoms with Crippen LogP contribution in [0.4, 0.5) is 11.4 Å². The molecule has 0 saturated heterocycles. The van der Waals surface area contributed by atoms with Gasteiger partial charge in [0.05, 0.1) is 14.2 Å². The number of anilines is 2. The van der Waals surface area contributed by atoms with Crippen molar-refractivity contribution in [2.45, 2.75) is 20.3 Å². The van der Waals surface area contributed by atoms with E-state index >= 15 is 0 Å². The number of amides is 2. The minimum Gasteiger partial charge on any atom is -0.493 e. The van der Waals surface area contributed by atoms with Gasteiger partial charge in [0.25, 0.3) is 0 Å². The molecule has 0 spiro atoms. The molecule has 25 heavy (non-hydrogen) atoms. The second-order valence-corrected chi connectivity index (χ2v) is 5.59. The maximum Gasteiger partial charge on any atom is 0.233 e. The highest BCUT2D eigenvalue weighted by molar-refractivity contribution is 6.08. The maximum absolute atomic E-state index is 12.1. The van der Waals surface area contributed by atoms with Crippen LogP contribution in [0, 0.1) is 13.8 Å². The number of ether oxygens (including phenoxy) is 2. The fraction of sp³-hybridized carbons (Fsp3) is 0.263. The van der Waals surface area contributed by atoms with Crippen molar-refractivity contribution in [2.24, 2.45) is 0 Å². The largest absolute Gasteiger partial charge is 0.493 e. The van der Waals surface area contributed by atoms with E-state index in [1.165, 1.54) is 14.2 Å². The lowest BCUT2D eigenvalue weighted by Crippen LogP contribution is -2.21. The Labute approximate surface area is 147 Å². The molecule has 0 aliphatic rings. The van der Waals surface area contributed by atoms with Crippen molar-refractivity contribution < 1.29 is 19.1 Å². The molecule has 0 unspecified atom stereocenters. The number of benzene rings is 2. The van der Waals surface area contributed by atoms with Crippen LogP contribution in [0.2, 0.25) is 0 Å². The molecule has 0 bridgehead atoms. The summed E-state index contributed by atoms with van der Waals surface area (Å²) < 4.78 is 10.3. The van der Waals surface area contributed by atoms with Crippen molar-refractivity contribution in [1.82, 2.24) is 0 Å². The fourth-order valence-corrected chi connectivity index (χ4v) is 2.35. The number of methoxy groups -OCH3 is 2. The Morgan fingerprint density at radius 3 is 2.28 bits per heavy atom. The number of nitrogens with one attached hydrogen (secondary N) is 2. The highest BCUT2D eigenvalue weighted by atomic mass is 16.5. The predicted molar refractivity (Wildman–Crippen MR) is 97.3 cm³/mol. The van der Waals surface area contributed by atoms with Crippen LogP contribution >= 0.6 is 0 Å². The first-order valence-electron chi connectivity index (χ1n) is 7.82. The van der Waals surface area contributed by atoms with E-state index in [9.17, 15) is 9.59 Å². The summed E-state index contributed by atoms with van der Waals surface area (Å²) in [5, 5.41) is 5.44. The zero-order chi connectivity index (χ0) is 18.4. The third kappa shape index (κ3) is 4.73. The summed E-state index contributed by atoms with van der Waals surface area (Å²) in [5.41, 5.74) is 3.30. The molecule has 0 fully saturated rings. The quantitative estimate of drug-likeness (QED) is 0.790. The molecule has 0 aromatic heterocycles. The minimum absolute atomic E-state index is 0.276. The summed E-state index contributed by atoms with van der Waals surface area (Å²) in [6, 6.07) is 10.6. The van der Waals surface area contributed by atoms with Crippen molar-refractivity contribution in [2.75, 3.05) is 24.9 Å². The molecule has 0 heterocycles. The van der Waals surface area contributed by atoms with Crippen LogP contribution < -0.4 is 20.1 Å². The Bertz CT molecular complexity index is 787. The van der Waals surface area contributed by atoms with Gasteiger partial charge in [-0.1, -0.05) is 12.1 Å². The summed E-state index contributed by atoms with van der Waals surface area (Å²) in [4.78, 5) is 24.2. The molecular weight excluding hydrogens is 320 g/mol. The van der Waals surface area contributed by atoms with E-state index in [2.05, 4.69) is 10.6 Å². The Hall–Kier alpha value is -3.02. The van der Waals surface area contributed by atoms with Crippen LogP contribution in [0.25, 0.3) is 0 Å². The van der Waals surface area contributed by atoms with Gasteiger partial charge in [-0.05, 0) is 43.2 Å². The van der Waals surface area contributed by atoms with Crippen molar-refractivity contribution in [1.29, 1.82) is 0 Å². The lowest BCUT2D eigenvalue weighted by Gasteiger charge is -2.12. The summed E-state index contributed by atoms with van der Waals surface area (Å²) in [6.07, 6.45) is -0.276. The third-order valence-corrected chi connectivity index (χ3v) is 3.87. The lowest BCUT2D eigenvalue weighted by atomic mass is 10.1. The molecule has 0 saturated carbocycles. The van der Waals surface area contributed by atoms with Gasteiger partial charge in [-0.15, -0.1) is 0 Å². The Morgan fingerprint density at radius 2 is 1.60 bits per heavy atom. The Morgan fingerprint density at radius 1 is 0.920 bits per heavy atom. The van der Waals surface area contributed by atoms with Gasteiger partial charge in [0.15, 0.2) is 11.5 Å². The molecule has 132 valence electrons. The van der Waals surface area contributed by atoms with Gasteiger partial charge in [-0.3, -0.25) is 9.59 Å². The van der Waals surface area contributed by atoms with Gasteiger partial charge in [0.2, 0.25) is 11.8 Å². The van der Waals surface area contributed by atoms with E-state index in [4.69, 9.17) is 9.47 Å². The average molecular weight is 342 g/mol. The molecule has 6 nitrogen and oxygen atoms in total. The minimum atomic E-state index is -0.407. The summed E-state index contributed by atoms with van der Waals surface area (Å²) >= 11 is 0. The summed E-state index contributed by atoms with van der Waals surface area (Å²) in [5.74, 6) is 0.287. The molecular formula is C19H22N2O4. The number of hydrogen-bond acceptors (Lipinski definition) is 4. The summed E-state index contributed by atoms with van der Waals surface area (Å²) in [7, 11) is 3.05. The lowest BCUT2D eigenvalue weighted by molar-refractivity contribution is -0.123. The van der Waals surface area contributed by atoms with E-state index in [0.29, 0.717) is 22.9 Å². The highest BCUT2D eigenvalue weighted by Crippen LogP contribution is 2.29. The fourth-order valence-electron chi connectivity index (χ4n) is 2.35. The predicted octanol–water partition coefficient (Wildman–Crippen LogP) is 3.29. The zero-order valence-corrected chi connectivity index (χ0v) is 14.8. The van der Waals surface area contributed by atoms with Crippen LogP contribution in [0.3, 0.4) is 0 Å². The Kier molecular flexibility index (Phi) is 6.00. The van der Waals surface area contributed by atoms with Gasteiger partial charge in [0, 0.05) is 17.4 Å². The molecule has 6 heteroatoms. The molecule has 2 amide bonds. The SMILES string of the molecule is COc1ccc(NC(=O)CC(=O)Nc2cccc(C)c2C)cc1OC. The molecule has 2 rings (SSSR count). The first-order valence-corrected chi connectivity index (χ1v) is 7.82. The van der Waals surface area contributed by atoms with Crippen LogP contribution in [-0.4, -0.2) is 26.0 Å². The van der Waals surface area contributed by atoms with Crippen molar-refractivity contribution in [3.05, 3.63) is 47.5 Å². The monoisotopic (exact) mass is 342 g/mol. The molecule has 0 aliphatic carbocycles. The number of carbonyl (C=O) groups is 2. The topological polar surface area (TPSA) is 76.7 Å². The first-order chi connectivity index (χ1) is 11.9. The number of aryl methyl sites for hydroxylation is 1. The van der Waals surface area contributed by atoms with E-state index in [1.807, 2.05) is 32.0 Å². The molecule has 0 aliphatic heterocycles. The average Bonchev–Trinajstić information content (AvgIpc) is 2.58. The Balaban J connectivity index is 1.98. The second-order valence-electron chi connectivity index (χ2n) is 5.59. The van der Waals surface area contributed by atoms with Gasteiger partial charge in [-0.25, -0.2) is 0 Å². The van der Waals surface area contributed by atoms with Crippen LogP contribution in [0.15, 0.2) is 36.4 Å². The van der Waals surface area contributed by atoms with Gasteiger partial charge in [-0.2, -0.15) is 0 Å². The molecule has 2 aromatic carbocycles. The van der Waals surface area contributed by atoms with Gasteiger partial charge in [0.1, 0.15) is 6.42 Å². The van der Waals surface area contributed by atoms with Crippen LogP contribution in [0.5, 0.6) is 11.5 Å². The van der Waals surface area contributed by atoms with Gasteiger partial charge < -0.3 is 20.1 Å². The molecule has 2 aromatic rings. The smallest absolute Gasteiger partial charge is 0.233 e. The zero-order valence-electron chi connectivity index (χ0n) is 14.8. The van der Waals surface area contributed by atoms with E-state index in [-0.39, 0.29) is 12.3 Å². The standard InChI is InChI=1S/C19H22N2O4/c1-12-6-5-7-15(13(12)2)21-19(23)11-18(22)20-14-8-9-16(24-3)17(10-14)25-4/h5-10H,11H2,1-4H3,(H,20,22)(H,21,23).